The number of likely N-dealkylation sites (tertiary alicyclic amines) is 1. The minimum Gasteiger partial charge on any atom is -0.342 e. The quantitative estimate of drug-likeness (QED) is 0.804. The third kappa shape index (κ3) is 3.56. The second kappa shape index (κ2) is 8.17. The van der Waals surface area contributed by atoms with Crippen molar-refractivity contribution < 1.29 is 9.59 Å². The molecule has 2 aliphatic rings. The van der Waals surface area contributed by atoms with Gasteiger partial charge in [-0.25, -0.2) is 0 Å². The molecule has 146 valence electrons. The van der Waals surface area contributed by atoms with Gasteiger partial charge in [0.1, 0.15) is 0 Å². The summed E-state index contributed by atoms with van der Waals surface area (Å²) >= 11 is 0. The average Bonchev–Trinajstić information content (AvgIpc) is 3.19. The molecule has 0 bridgehead atoms. The molecule has 0 aromatic heterocycles. The number of hydrogen-bond donors (Lipinski definition) is 0. The minimum atomic E-state index is 0.00949. The van der Waals surface area contributed by atoms with Gasteiger partial charge in [0, 0.05) is 31.2 Å². The standard InChI is InChI=1S/C24H28N2O2/c1-2-23(27)26(19-9-4-3-5-10-19)20-14-16-25(17-15-20)24(28)22-13-12-18-8-6-7-11-21(18)22/h3-11,20,22H,2,12-17H2,1H3/t22-/m0/s1. The van der Waals surface area contributed by atoms with Gasteiger partial charge in [0.25, 0.3) is 0 Å². The zero-order valence-corrected chi connectivity index (χ0v) is 16.5. The number of aryl methyl sites for hydroxylation is 1. The second-order valence-electron chi connectivity index (χ2n) is 7.80. The molecule has 0 unspecified atom stereocenters. The molecule has 2 aromatic carbocycles. The molecule has 1 saturated heterocycles. The van der Waals surface area contributed by atoms with Gasteiger partial charge in [0.15, 0.2) is 0 Å². The summed E-state index contributed by atoms with van der Waals surface area (Å²) in [4.78, 5) is 29.7. The number of piperidine rings is 1. The molecule has 0 spiro atoms. The number of para-hydroxylation sites is 1. The Labute approximate surface area is 167 Å². The maximum Gasteiger partial charge on any atom is 0.230 e. The van der Waals surface area contributed by atoms with Gasteiger partial charge in [-0.1, -0.05) is 49.4 Å². The van der Waals surface area contributed by atoms with E-state index >= 15 is 0 Å². The van der Waals surface area contributed by atoms with Crippen LogP contribution in [0.25, 0.3) is 0 Å². The van der Waals surface area contributed by atoms with E-state index in [-0.39, 0.29) is 23.8 Å². The third-order valence-electron chi connectivity index (χ3n) is 6.18. The number of nitrogens with zero attached hydrogens (tertiary/aromatic N) is 2. The molecule has 28 heavy (non-hydrogen) atoms. The van der Waals surface area contributed by atoms with Gasteiger partial charge in [-0.05, 0) is 48.9 Å². The summed E-state index contributed by atoms with van der Waals surface area (Å²) in [7, 11) is 0. The van der Waals surface area contributed by atoms with Crippen molar-refractivity contribution in [3.05, 3.63) is 65.7 Å². The largest absolute Gasteiger partial charge is 0.342 e. The van der Waals surface area contributed by atoms with E-state index in [1.807, 2.05) is 53.1 Å². The van der Waals surface area contributed by atoms with E-state index in [0.717, 1.165) is 44.5 Å². The predicted molar refractivity (Wildman–Crippen MR) is 111 cm³/mol. The summed E-state index contributed by atoms with van der Waals surface area (Å²) in [6, 6.07) is 18.4. The Balaban J connectivity index is 1.44. The van der Waals surface area contributed by atoms with Gasteiger partial charge >= 0.3 is 0 Å². The normalized spacial score (nSPS) is 19.3. The smallest absolute Gasteiger partial charge is 0.230 e. The molecule has 1 aliphatic carbocycles. The van der Waals surface area contributed by atoms with Crippen LogP contribution in [0.15, 0.2) is 54.6 Å². The Morgan fingerprint density at radius 3 is 2.36 bits per heavy atom. The van der Waals surface area contributed by atoms with Gasteiger partial charge in [-0.3, -0.25) is 9.59 Å². The average molecular weight is 377 g/mol. The number of hydrogen-bond acceptors (Lipinski definition) is 2. The first kappa shape index (κ1) is 18.7. The lowest BCUT2D eigenvalue weighted by atomic mass is 9.96. The topological polar surface area (TPSA) is 40.6 Å². The van der Waals surface area contributed by atoms with Crippen LogP contribution in [0.4, 0.5) is 5.69 Å². The summed E-state index contributed by atoms with van der Waals surface area (Å²) in [5.41, 5.74) is 3.49. The molecule has 4 nitrogen and oxygen atoms in total. The van der Waals surface area contributed by atoms with Crippen LogP contribution in [-0.4, -0.2) is 35.8 Å². The zero-order valence-electron chi connectivity index (χ0n) is 16.5. The van der Waals surface area contributed by atoms with Crippen LogP contribution in [0.1, 0.15) is 49.7 Å². The van der Waals surface area contributed by atoms with Crippen molar-refractivity contribution in [3.8, 4) is 0 Å². The maximum absolute atomic E-state index is 13.1. The molecule has 1 heterocycles. The van der Waals surface area contributed by atoms with Gasteiger partial charge in [-0.2, -0.15) is 0 Å². The molecule has 2 amide bonds. The van der Waals surface area contributed by atoms with E-state index in [4.69, 9.17) is 0 Å². The fourth-order valence-electron chi connectivity index (χ4n) is 4.70. The van der Waals surface area contributed by atoms with Crippen molar-refractivity contribution in [2.75, 3.05) is 18.0 Å². The number of anilines is 1. The van der Waals surface area contributed by atoms with E-state index in [1.165, 1.54) is 11.1 Å². The highest BCUT2D eigenvalue weighted by Crippen LogP contribution is 2.35. The molecule has 0 radical (unpaired) electrons. The van der Waals surface area contributed by atoms with Crippen LogP contribution in [0, 0.1) is 0 Å². The van der Waals surface area contributed by atoms with Gasteiger partial charge in [0.2, 0.25) is 11.8 Å². The van der Waals surface area contributed by atoms with Crippen molar-refractivity contribution >= 4 is 17.5 Å². The monoisotopic (exact) mass is 376 g/mol. The van der Waals surface area contributed by atoms with Crippen molar-refractivity contribution in [1.29, 1.82) is 0 Å². The maximum atomic E-state index is 13.1. The van der Waals surface area contributed by atoms with Crippen molar-refractivity contribution in [2.45, 2.75) is 51.0 Å². The van der Waals surface area contributed by atoms with E-state index in [2.05, 4.69) is 18.2 Å². The molecule has 2 aromatic rings. The Hall–Kier alpha value is -2.62. The third-order valence-corrected chi connectivity index (χ3v) is 6.18. The summed E-state index contributed by atoms with van der Waals surface area (Å²) < 4.78 is 0. The SMILES string of the molecule is CCC(=O)N(c1ccccc1)C1CCN(C(=O)[C@H]2CCc3ccccc32)CC1. The number of benzene rings is 2. The molecule has 0 saturated carbocycles. The highest BCUT2D eigenvalue weighted by atomic mass is 16.2. The van der Waals surface area contributed by atoms with E-state index in [1.54, 1.807) is 0 Å². The number of rotatable bonds is 4. The number of fused-ring (bicyclic) bond motifs is 1. The molecular weight excluding hydrogens is 348 g/mol. The Kier molecular flexibility index (Phi) is 5.47. The summed E-state index contributed by atoms with van der Waals surface area (Å²) in [5, 5.41) is 0. The van der Waals surface area contributed by atoms with Crippen molar-refractivity contribution in [2.24, 2.45) is 0 Å². The lowest BCUT2D eigenvalue weighted by molar-refractivity contribution is -0.133. The first-order valence-electron chi connectivity index (χ1n) is 10.4. The fraction of sp³-hybridized carbons (Fsp3) is 0.417. The highest BCUT2D eigenvalue weighted by Gasteiger charge is 2.35. The number of amides is 2. The molecule has 1 atom stereocenters. The van der Waals surface area contributed by atoms with Crippen LogP contribution in [0.2, 0.25) is 0 Å². The van der Waals surface area contributed by atoms with Crippen LogP contribution >= 0.6 is 0 Å². The first-order chi connectivity index (χ1) is 13.7. The number of carbonyl (C=O) groups is 2. The Morgan fingerprint density at radius 2 is 1.64 bits per heavy atom. The van der Waals surface area contributed by atoms with E-state index < -0.39 is 0 Å². The lowest BCUT2D eigenvalue weighted by Crippen LogP contribution is -2.49. The summed E-state index contributed by atoms with van der Waals surface area (Å²) in [6.45, 7) is 3.36. The molecule has 1 aliphatic heterocycles. The highest BCUT2D eigenvalue weighted by molar-refractivity contribution is 5.93. The Bertz CT molecular complexity index is 841. The van der Waals surface area contributed by atoms with E-state index in [0.29, 0.717) is 6.42 Å². The molecule has 4 heteroatoms. The van der Waals surface area contributed by atoms with Gasteiger partial charge in [-0.15, -0.1) is 0 Å². The van der Waals surface area contributed by atoms with Crippen LogP contribution in [0.3, 0.4) is 0 Å². The molecular formula is C24H28N2O2. The molecule has 0 N–H and O–H groups in total. The fourth-order valence-corrected chi connectivity index (χ4v) is 4.70. The minimum absolute atomic E-state index is 0.00949. The van der Waals surface area contributed by atoms with Crippen LogP contribution < -0.4 is 4.90 Å². The molecule has 1 fully saturated rings. The van der Waals surface area contributed by atoms with Crippen LogP contribution in [-0.2, 0) is 16.0 Å². The van der Waals surface area contributed by atoms with Gasteiger partial charge in [0.05, 0.1) is 5.92 Å². The van der Waals surface area contributed by atoms with Gasteiger partial charge < -0.3 is 9.80 Å². The Morgan fingerprint density at radius 1 is 0.964 bits per heavy atom. The number of carbonyl (C=O) groups excluding carboxylic acids is 2. The second-order valence-corrected chi connectivity index (χ2v) is 7.80. The predicted octanol–water partition coefficient (Wildman–Crippen LogP) is 4.15. The van der Waals surface area contributed by atoms with E-state index in [9.17, 15) is 9.59 Å². The lowest BCUT2D eigenvalue weighted by Gasteiger charge is -2.39. The van der Waals surface area contributed by atoms with Crippen LogP contribution in [0.5, 0.6) is 0 Å². The van der Waals surface area contributed by atoms with Crippen molar-refractivity contribution in [1.82, 2.24) is 4.90 Å². The summed E-state index contributed by atoms with van der Waals surface area (Å²) in [6.07, 6.45) is 4.08. The first-order valence-corrected chi connectivity index (χ1v) is 10.4. The molecule has 4 rings (SSSR count). The zero-order chi connectivity index (χ0) is 19.5. The van der Waals surface area contributed by atoms with Crippen molar-refractivity contribution in [3.63, 3.8) is 0 Å². The summed E-state index contributed by atoms with van der Waals surface area (Å²) in [5.74, 6) is 0.424.